The number of aromatic amines is 3. The molecule has 35 heavy (non-hydrogen) atoms. The van der Waals surface area contributed by atoms with E-state index in [-0.39, 0.29) is 11.0 Å². The van der Waals surface area contributed by atoms with E-state index in [1.54, 1.807) is 0 Å². The lowest BCUT2D eigenvalue weighted by atomic mass is 10.2. The summed E-state index contributed by atoms with van der Waals surface area (Å²) in [7, 11) is 0. The van der Waals surface area contributed by atoms with E-state index >= 15 is 0 Å². The number of nitrogens with one attached hydrogen (secondary N) is 3. The Kier molecular flexibility index (Phi) is 4.77. The molecule has 5 heterocycles. The highest BCUT2D eigenvalue weighted by Crippen LogP contribution is 2.40. The molecular weight excluding hydrogens is 491 g/mol. The van der Waals surface area contributed by atoms with E-state index in [1.165, 1.54) is 12.1 Å². The summed E-state index contributed by atoms with van der Waals surface area (Å²) in [6.45, 7) is 0. The fourth-order valence-electron chi connectivity index (χ4n) is 4.05. The van der Waals surface area contributed by atoms with Crippen LogP contribution >= 0.6 is 0 Å². The van der Waals surface area contributed by atoms with Crippen molar-refractivity contribution in [3.05, 3.63) is 64.5 Å². The van der Waals surface area contributed by atoms with Gasteiger partial charge in [-0.1, -0.05) is 0 Å². The lowest BCUT2D eigenvalue weighted by molar-refractivity contribution is -0.137. The second-order valence-corrected chi connectivity index (χ2v) is 7.69. The first-order chi connectivity index (χ1) is 16.2. The van der Waals surface area contributed by atoms with E-state index in [2.05, 4.69) is 19.9 Å². The number of hydrogen-bond acceptors (Lipinski definition) is 1. The SMILES string of the molecule is FC(F)(F)c1c2nc(c(C(F)(F)F)c3ccc([nH]3)c3ccc([nH]3)c(C(F)(F)F)c3ccc1[nH]3)C=C2. The molecular formula is C22H11F9N4. The molecule has 4 nitrogen and oxygen atoms in total. The molecule has 182 valence electrons. The highest BCUT2D eigenvalue weighted by molar-refractivity contribution is 5.86. The van der Waals surface area contributed by atoms with Crippen molar-refractivity contribution in [1.82, 2.24) is 19.9 Å². The van der Waals surface area contributed by atoms with Gasteiger partial charge in [-0.15, -0.1) is 0 Å². The molecule has 13 heteroatoms. The van der Waals surface area contributed by atoms with Gasteiger partial charge in [0.1, 0.15) is 16.7 Å². The number of aromatic nitrogens is 4. The van der Waals surface area contributed by atoms with E-state index in [0.29, 0.717) is 0 Å². The summed E-state index contributed by atoms with van der Waals surface area (Å²) >= 11 is 0. The second kappa shape index (κ2) is 7.30. The zero-order valence-corrected chi connectivity index (χ0v) is 17.0. The van der Waals surface area contributed by atoms with Crippen LogP contribution in [-0.2, 0) is 18.5 Å². The van der Waals surface area contributed by atoms with Crippen molar-refractivity contribution in [2.24, 2.45) is 0 Å². The topological polar surface area (TPSA) is 60.3 Å². The van der Waals surface area contributed by atoms with Gasteiger partial charge >= 0.3 is 18.5 Å². The molecule has 0 spiro atoms. The molecule has 0 aromatic carbocycles. The van der Waals surface area contributed by atoms with Crippen LogP contribution in [0.25, 0.3) is 45.3 Å². The molecule has 5 rings (SSSR count). The molecule has 0 aliphatic carbocycles. The minimum absolute atomic E-state index is 0.0332. The molecule has 3 N–H and O–H groups in total. The number of nitrogens with zero attached hydrogens (tertiary/aromatic N) is 1. The Morgan fingerprint density at radius 1 is 0.429 bits per heavy atom. The molecule has 4 aromatic rings. The van der Waals surface area contributed by atoms with Crippen molar-refractivity contribution in [1.29, 1.82) is 0 Å². The van der Waals surface area contributed by atoms with E-state index in [4.69, 9.17) is 0 Å². The van der Waals surface area contributed by atoms with Crippen LogP contribution < -0.4 is 0 Å². The maximum atomic E-state index is 14.0. The van der Waals surface area contributed by atoms with E-state index in [9.17, 15) is 39.5 Å². The van der Waals surface area contributed by atoms with E-state index in [0.717, 1.165) is 36.4 Å². The normalized spacial score (nSPS) is 13.7. The minimum Gasteiger partial charge on any atom is -0.354 e. The minimum atomic E-state index is -5.15. The molecule has 0 fully saturated rings. The first-order valence-corrected chi connectivity index (χ1v) is 9.79. The Morgan fingerprint density at radius 3 is 1.06 bits per heavy atom. The molecule has 4 aromatic heterocycles. The van der Waals surface area contributed by atoms with Crippen LogP contribution in [0.15, 0.2) is 36.4 Å². The maximum Gasteiger partial charge on any atom is 0.420 e. The smallest absolute Gasteiger partial charge is 0.354 e. The summed E-state index contributed by atoms with van der Waals surface area (Å²) in [5.41, 5.74) is -8.15. The Bertz CT molecular complexity index is 1610. The zero-order valence-electron chi connectivity index (χ0n) is 17.0. The van der Waals surface area contributed by atoms with Gasteiger partial charge in [0.25, 0.3) is 0 Å². The summed E-state index contributed by atoms with van der Waals surface area (Å²) in [5, 5.41) is 0. The molecule has 1 aliphatic heterocycles. The van der Waals surface area contributed by atoms with Crippen LogP contribution in [0, 0.1) is 0 Å². The van der Waals surface area contributed by atoms with Gasteiger partial charge in [-0.25, -0.2) is 4.98 Å². The first-order valence-electron chi connectivity index (χ1n) is 9.79. The highest BCUT2D eigenvalue weighted by Gasteiger charge is 2.39. The van der Waals surface area contributed by atoms with Crippen LogP contribution in [0.5, 0.6) is 0 Å². The molecule has 0 saturated heterocycles. The number of halogens is 9. The molecule has 0 unspecified atom stereocenters. The third kappa shape index (κ3) is 3.90. The van der Waals surface area contributed by atoms with Gasteiger partial charge in [-0.05, 0) is 48.6 Å². The molecule has 8 bridgehead atoms. The lowest BCUT2D eigenvalue weighted by Gasteiger charge is -2.09. The van der Waals surface area contributed by atoms with Gasteiger partial charge in [0.2, 0.25) is 0 Å². The molecule has 0 radical (unpaired) electrons. The number of fused-ring (bicyclic) bond motifs is 9. The van der Waals surface area contributed by atoms with Gasteiger partial charge in [0.15, 0.2) is 0 Å². The standard InChI is InChI=1S/C22H11F9N4/c23-20(24,25)17-11-3-1-9(32-11)10-2-4-12(33-10)18(21(26,27)28)14-6-8-16(35-14)19(22(29,30)31)15-7-5-13(17)34-15/h1-8,32-34H. The summed E-state index contributed by atoms with van der Waals surface area (Å²) < 4.78 is 126. The van der Waals surface area contributed by atoms with Crippen LogP contribution in [-0.4, -0.2) is 19.9 Å². The van der Waals surface area contributed by atoms with Crippen LogP contribution in [0.1, 0.15) is 28.1 Å². The average Bonchev–Trinajstić information content (AvgIpc) is 3.47. The lowest BCUT2D eigenvalue weighted by Crippen LogP contribution is -2.09. The van der Waals surface area contributed by atoms with Gasteiger partial charge in [-0.3, -0.25) is 0 Å². The van der Waals surface area contributed by atoms with E-state index in [1.807, 2.05) is 0 Å². The fraction of sp³-hybridized carbons (Fsp3) is 0.136. The maximum absolute atomic E-state index is 14.0. The summed E-state index contributed by atoms with van der Waals surface area (Å²) in [6.07, 6.45) is -13.6. The van der Waals surface area contributed by atoms with Crippen molar-refractivity contribution in [3.63, 3.8) is 0 Å². The molecule has 1 aliphatic rings. The number of rotatable bonds is 0. The van der Waals surface area contributed by atoms with Crippen molar-refractivity contribution in [3.8, 4) is 0 Å². The zero-order chi connectivity index (χ0) is 25.3. The Morgan fingerprint density at radius 2 is 0.714 bits per heavy atom. The van der Waals surface area contributed by atoms with Gasteiger partial charge in [0, 0.05) is 0 Å². The Balaban J connectivity index is 2.07. The number of alkyl halides is 9. The monoisotopic (exact) mass is 502 g/mol. The molecule has 0 amide bonds. The van der Waals surface area contributed by atoms with Crippen molar-refractivity contribution in [2.45, 2.75) is 18.5 Å². The fourth-order valence-corrected chi connectivity index (χ4v) is 4.05. The average molecular weight is 502 g/mol. The van der Waals surface area contributed by atoms with Gasteiger partial charge < -0.3 is 15.0 Å². The Hall–Kier alpha value is -3.90. The number of hydrogen-bond donors (Lipinski definition) is 3. The predicted molar refractivity (Wildman–Crippen MR) is 110 cm³/mol. The van der Waals surface area contributed by atoms with Crippen LogP contribution in [0.4, 0.5) is 39.5 Å². The number of H-pyrrole nitrogens is 3. The van der Waals surface area contributed by atoms with Gasteiger partial charge in [0.05, 0.1) is 44.5 Å². The highest BCUT2D eigenvalue weighted by atomic mass is 19.4. The third-order valence-corrected chi connectivity index (χ3v) is 5.43. The van der Waals surface area contributed by atoms with Crippen molar-refractivity contribution >= 4 is 45.3 Å². The quantitative estimate of drug-likeness (QED) is 0.186. The largest absolute Gasteiger partial charge is 0.420 e. The van der Waals surface area contributed by atoms with Crippen molar-refractivity contribution in [2.75, 3.05) is 0 Å². The van der Waals surface area contributed by atoms with Crippen molar-refractivity contribution < 1.29 is 39.5 Å². The second-order valence-electron chi connectivity index (χ2n) is 7.69. The van der Waals surface area contributed by atoms with Crippen LogP contribution in [0.2, 0.25) is 0 Å². The third-order valence-electron chi connectivity index (χ3n) is 5.43. The Labute approximate surface area is 188 Å². The van der Waals surface area contributed by atoms with E-state index < -0.39 is 68.7 Å². The summed E-state index contributed by atoms with van der Waals surface area (Å²) in [4.78, 5) is 10.7. The molecule has 0 saturated carbocycles. The summed E-state index contributed by atoms with van der Waals surface area (Å²) in [6, 6.07) is 6.08. The first kappa shape index (κ1) is 22.9. The predicted octanol–water partition coefficient (Wildman–Crippen LogP) is 7.75. The van der Waals surface area contributed by atoms with Gasteiger partial charge in [-0.2, -0.15) is 39.5 Å². The molecule has 0 atom stereocenters. The van der Waals surface area contributed by atoms with Crippen LogP contribution in [0.3, 0.4) is 0 Å². The summed E-state index contributed by atoms with van der Waals surface area (Å²) in [5.74, 6) is 0.